The lowest BCUT2D eigenvalue weighted by Gasteiger charge is -2.15. The van der Waals surface area contributed by atoms with Crippen molar-refractivity contribution >= 4 is 18.4 Å². The van der Waals surface area contributed by atoms with E-state index in [9.17, 15) is 0 Å². The lowest BCUT2D eigenvalue weighted by Crippen LogP contribution is -2.14. The number of ether oxygens (including phenoxy) is 1. The van der Waals surface area contributed by atoms with Gasteiger partial charge >= 0.3 is 0 Å². The summed E-state index contributed by atoms with van der Waals surface area (Å²) in [5, 5.41) is 1.05. The highest BCUT2D eigenvalue weighted by atomic mass is 32.4. The zero-order valence-corrected chi connectivity index (χ0v) is 9.21. The van der Waals surface area contributed by atoms with Gasteiger partial charge < -0.3 is 4.74 Å². The smallest absolute Gasteiger partial charge is 0.142 e. The topological polar surface area (TPSA) is 9.23 Å². The Balaban J connectivity index is 3.88. The second-order valence-corrected chi connectivity index (χ2v) is 12.1. The van der Waals surface area contributed by atoms with Crippen molar-refractivity contribution in [1.82, 2.24) is 0 Å². The molecule has 0 saturated heterocycles. The summed E-state index contributed by atoms with van der Waals surface area (Å²) in [7, 11) is 0.686. The summed E-state index contributed by atoms with van der Waals surface area (Å²) in [6, 6.07) is 0. The molecule has 0 aromatic carbocycles. The van der Waals surface area contributed by atoms with Crippen molar-refractivity contribution < 1.29 is 4.74 Å². The summed E-state index contributed by atoms with van der Waals surface area (Å²) in [6.45, 7) is 8.92. The third-order valence-corrected chi connectivity index (χ3v) is 4.50. The van der Waals surface area contributed by atoms with Crippen molar-refractivity contribution in [2.24, 2.45) is 0 Å². The van der Waals surface area contributed by atoms with E-state index in [1.807, 2.05) is 24.2 Å². The van der Waals surface area contributed by atoms with Gasteiger partial charge in [0.1, 0.15) is 12.3 Å². The van der Waals surface area contributed by atoms with E-state index in [1.165, 1.54) is 0 Å². The molecule has 0 bridgehead atoms. The molecule has 0 radical (unpaired) electrons. The fraction of sp³-hybridized carbons (Fsp3) is 0.714. The van der Waals surface area contributed by atoms with Gasteiger partial charge in [-0.2, -0.15) is 0 Å². The first kappa shape index (κ1) is 10.1. The van der Waals surface area contributed by atoms with Crippen LogP contribution < -0.4 is 0 Å². The van der Waals surface area contributed by atoms with Gasteiger partial charge in [0.2, 0.25) is 0 Å². The Bertz CT molecular complexity index is 126. The third-order valence-electron chi connectivity index (χ3n) is 0.844. The van der Waals surface area contributed by atoms with Crippen LogP contribution in [0.2, 0.25) is 19.6 Å². The van der Waals surface area contributed by atoms with E-state index in [0.29, 0.717) is 0 Å². The van der Waals surface area contributed by atoms with E-state index in [2.05, 4.69) is 19.6 Å². The monoisotopic (exact) mass is 176 g/mol. The highest BCUT2D eigenvalue weighted by Gasteiger charge is 2.16. The molecular weight excluding hydrogens is 160 g/mol. The molecule has 60 valence electrons. The van der Waals surface area contributed by atoms with Crippen molar-refractivity contribution in [3.05, 3.63) is 11.2 Å². The molecule has 3 heteroatoms. The van der Waals surface area contributed by atoms with Crippen LogP contribution in [-0.4, -0.2) is 14.3 Å². The molecule has 0 heterocycles. The predicted molar refractivity (Wildman–Crippen MR) is 51.7 cm³/mol. The summed E-state index contributed by atoms with van der Waals surface area (Å²) in [6.07, 6.45) is 2.02. The minimum absolute atomic E-state index is 1.04. The standard InChI is InChI=1S/C7H16OSSi/c1-6-7(8-2)9-10(3,4)5/h6H,1-5H3. The van der Waals surface area contributed by atoms with Crippen LogP contribution in [0.15, 0.2) is 11.2 Å². The number of hydrogen-bond acceptors (Lipinski definition) is 2. The van der Waals surface area contributed by atoms with E-state index in [1.54, 1.807) is 7.11 Å². The Morgan fingerprint density at radius 3 is 2.00 bits per heavy atom. The summed E-state index contributed by atoms with van der Waals surface area (Å²) >= 11 is 1.88. The molecule has 10 heavy (non-hydrogen) atoms. The fourth-order valence-corrected chi connectivity index (χ4v) is 3.74. The zero-order chi connectivity index (χ0) is 8.20. The second-order valence-electron chi connectivity index (χ2n) is 3.03. The van der Waals surface area contributed by atoms with Crippen molar-refractivity contribution in [2.75, 3.05) is 7.11 Å². The van der Waals surface area contributed by atoms with Gasteiger partial charge in [-0.1, -0.05) is 19.6 Å². The third kappa shape index (κ3) is 4.94. The van der Waals surface area contributed by atoms with Crippen molar-refractivity contribution in [1.29, 1.82) is 0 Å². The summed E-state index contributed by atoms with van der Waals surface area (Å²) in [5.74, 6) is 0. The Labute approximate surface area is 68.5 Å². The summed E-state index contributed by atoms with van der Waals surface area (Å²) in [4.78, 5) is 0. The first-order valence-corrected chi connectivity index (χ1v) is 8.43. The Kier molecular flexibility index (Phi) is 4.13. The molecule has 0 aromatic rings. The summed E-state index contributed by atoms with van der Waals surface area (Å²) in [5.41, 5.74) is 0. The van der Waals surface area contributed by atoms with E-state index in [0.717, 1.165) is 5.09 Å². The van der Waals surface area contributed by atoms with Gasteiger partial charge in [-0.15, -0.1) is 11.2 Å². The molecule has 0 N–H and O–H groups in total. The van der Waals surface area contributed by atoms with Crippen LogP contribution in [0.4, 0.5) is 0 Å². The maximum Gasteiger partial charge on any atom is 0.142 e. The SMILES string of the molecule is CC=C(OC)S[Si](C)(C)C. The first-order chi connectivity index (χ1) is 4.49. The van der Waals surface area contributed by atoms with Gasteiger partial charge in [0.25, 0.3) is 0 Å². The number of methoxy groups -OCH3 is 1. The molecule has 0 saturated carbocycles. The molecule has 0 unspecified atom stereocenters. The van der Waals surface area contributed by atoms with Crippen LogP contribution >= 0.6 is 11.2 Å². The molecule has 0 aliphatic rings. The maximum absolute atomic E-state index is 5.13. The Morgan fingerprint density at radius 2 is 1.90 bits per heavy atom. The lowest BCUT2D eigenvalue weighted by atomic mass is 10.7. The Morgan fingerprint density at radius 1 is 1.40 bits per heavy atom. The number of hydrogen-bond donors (Lipinski definition) is 0. The molecule has 0 rings (SSSR count). The molecule has 0 aliphatic heterocycles. The normalized spacial score (nSPS) is 13.5. The summed E-state index contributed by atoms with van der Waals surface area (Å²) < 4.78 is 5.13. The van der Waals surface area contributed by atoms with Crippen LogP contribution in [0.3, 0.4) is 0 Å². The van der Waals surface area contributed by atoms with Crippen LogP contribution in [0.25, 0.3) is 0 Å². The largest absolute Gasteiger partial charge is 0.491 e. The van der Waals surface area contributed by atoms with Crippen LogP contribution in [0, 0.1) is 0 Å². The molecule has 1 nitrogen and oxygen atoms in total. The van der Waals surface area contributed by atoms with Crippen LogP contribution in [0.5, 0.6) is 0 Å². The van der Waals surface area contributed by atoms with E-state index in [-0.39, 0.29) is 0 Å². The quantitative estimate of drug-likeness (QED) is 0.483. The van der Waals surface area contributed by atoms with Gasteiger partial charge in [-0.05, 0) is 13.0 Å². The average molecular weight is 176 g/mol. The van der Waals surface area contributed by atoms with Gasteiger partial charge in [0, 0.05) is 0 Å². The Hall–Kier alpha value is 0.107. The molecular formula is C7H16OSSi. The van der Waals surface area contributed by atoms with Crippen LogP contribution in [0.1, 0.15) is 6.92 Å². The van der Waals surface area contributed by atoms with Crippen molar-refractivity contribution in [3.8, 4) is 0 Å². The fourth-order valence-electron chi connectivity index (χ4n) is 0.520. The second kappa shape index (κ2) is 4.08. The van der Waals surface area contributed by atoms with Gasteiger partial charge in [0.05, 0.1) is 7.11 Å². The molecule has 0 aliphatic carbocycles. The van der Waals surface area contributed by atoms with Gasteiger partial charge in [-0.3, -0.25) is 0 Å². The predicted octanol–water partition coefficient (Wildman–Crippen LogP) is 3.06. The van der Waals surface area contributed by atoms with Crippen LogP contribution in [-0.2, 0) is 4.74 Å². The van der Waals surface area contributed by atoms with E-state index < -0.39 is 7.22 Å². The number of allylic oxidation sites excluding steroid dienone is 1. The van der Waals surface area contributed by atoms with Crippen molar-refractivity contribution in [3.63, 3.8) is 0 Å². The molecule has 0 aromatic heterocycles. The van der Waals surface area contributed by atoms with E-state index in [4.69, 9.17) is 4.74 Å². The van der Waals surface area contributed by atoms with Crippen molar-refractivity contribution in [2.45, 2.75) is 26.6 Å². The number of rotatable bonds is 3. The zero-order valence-electron chi connectivity index (χ0n) is 7.39. The average Bonchev–Trinajstić information content (AvgIpc) is 1.81. The van der Waals surface area contributed by atoms with Gasteiger partial charge in [-0.25, -0.2) is 0 Å². The molecule has 0 fully saturated rings. The maximum atomic E-state index is 5.13. The highest BCUT2D eigenvalue weighted by molar-refractivity contribution is 8.31. The minimum Gasteiger partial charge on any atom is -0.491 e. The molecule has 0 amide bonds. The van der Waals surface area contributed by atoms with Gasteiger partial charge in [0.15, 0.2) is 0 Å². The molecule has 0 spiro atoms. The first-order valence-electron chi connectivity index (χ1n) is 3.39. The minimum atomic E-state index is -1.04. The molecule has 0 atom stereocenters. The lowest BCUT2D eigenvalue weighted by molar-refractivity contribution is 0.324. The van der Waals surface area contributed by atoms with E-state index >= 15 is 0 Å². The highest BCUT2D eigenvalue weighted by Crippen LogP contribution is 2.27.